The number of carbonyl (C=O) groups excluding carboxylic acids is 2. The normalized spacial score (nSPS) is 15.8. The van der Waals surface area contributed by atoms with Crippen molar-refractivity contribution in [1.82, 2.24) is 4.90 Å². The van der Waals surface area contributed by atoms with Crippen LogP contribution in [0.5, 0.6) is 0 Å². The molecule has 28 heavy (non-hydrogen) atoms. The summed E-state index contributed by atoms with van der Waals surface area (Å²) < 4.78 is 9.89. The van der Waals surface area contributed by atoms with E-state index in [9.17, 15) is 19.7 Å². The van der Waals surface area contributed by atoms with Gasteiger partial charge in [-0.2, -0.15) is 0 Å². The van der Waals surface area contributed by atoms with Crippen LogP contribution in [0.25, 0.3) is 6.08 Å². The first-order valence-corrected chi connectivity index (χ1v) is 8.88. The molecule has 1 aromatic heterocycles. The molecule has 1 aliphatic carbocycles. The first kappa shape index (κ1) is 19.3. The molecule has 0 spiro atoms. The number of ether oxygens (including phenoxy) is 1. The summed E-state index contributed by atoms with van der Waals surface area (Å²) in [4.78, 5) is 35.7. The van der Waals surface area contributed by atoms with E-state index in [1.54, 1.807) is 11.9 Å². The molecule has 0 N–H and O–H groups in total. The van der Waals surface area contributed by atoms with Gasteiger partial charge in [-0.3, -0.25) is 14.9 Å². The lowest BCUT2D eigenvalue weighted by atomic mass is 9.87. The van der Waals surface area contributed by atoms with Gasteiger partial charge >= 0.3 is 11.9 Å². The lowest BCUT2D eigenvalue weighted by Gasteiger charge is -2.33. The van der Waals surface area contributed by atoms with Crippen molar-refractivity contribution < 1.29 is 23.7 Å². The molecule has 1 amide bonds. The van der Waals surface area contributed by atoms with Crippen molar-refractivity contribution in [2.24, 2.45) is 0 Å². The number of fused-ring (bicyclic) bond motifs is 1. The molecule has 146 valence electrons. The molecule has 8 nitrogen and oxygen atoms in total. The van der Waals surface area contributed by atoms with Crippen molar-refractivity contribution in [1.29, 1.82) is 0 Å². The molecule has 0 saturated carbocycles. The number of likely N-dealkylation sites (N-methyl/N-ethyl adjacent to an activating group) is 1. The monoisotopic (exact) mass is 384 g/mol. The van der Waals surface area contributed by atoms with E-state index in [0.717, 1.165) is 30.9 Å². The molecule has 0 aliphatic heterocycles. The molecule has 2 aromatic rings. The van der Waals surface area contributed by atoms with Crippen LogP contribution in [0.1, 0.15) is 35.8 Å². The number of hydrogen-bond donors (Lipinski definition) is 0. The molecule has 3 rings (SSSR count). The molecule has 1 aliphatic rings. The molecule has 0 bridgehead atoms. The Kier molecular flexibility index (Phi) is 5.88. The number of esters is 1. The number of amides is 1. The number of aryl methyl sites for hydroxylation is 1. The number of benzene rings is 1. The topological polar surface area (TPSA) is 103 Å². The van der Waals surface area contributed by atoms with Crippen LogP contribution < -0.4 is 0 Å². The zero-order valence-corrected chi connectivity index (χ0v) is 15.4. The van der Waals surface area contributed by atoms with Crippen molar-refractivity contribution >= 4 is 23.8 Å². The van der Waals surface area contributed by atoms with Gasteiger partial charge in [-0.15, -0.1) is 0 Å². The molecule has 0 radical (unpaired) electrons. The molecule has 1 aromatic carbocycles. The second kappa shape index (κ2) is 8.51. The van der Waals surface area contributed by atoms with E-state index in [-0.39, 0.29) is 24.3 Å². The standard InChI is InChI=1S/C20H20N2O6/c1-21(17-8-4-6-14-5-2-3-7-16(14)17)18(23)13-27-20(24)12-10-15-9-11-19(28-15)22(25)26/h2-3,5,7,9-12,17H,4,6,8,13H2,1H3/b12-10+/t17-/m0/s1. The average Bonchev–Trinajstić information content (AvgIpc) is 3.19. The van der Waals surface area contributed by atoms with Crippen molar-refractivity contribution in [3.8, 4) is 0 Å². The smallest absolute Gasteiger partial charge is 0.433 e. The van der Waals surface area contributed by atoms with Crippen LogP contribution in [0.2, 0.25) is 0 Å². The van der Waals surface area contributed by atoms with Crippen LogP contribution in [0.15, 0.2) is 46.9 Å². The third kappa shape index (κ3) is 4.46. The lowest BCUT2D eigenvalue weighted by Crippen LogP contribution is -2.36. The summed E-state index contributed by atoms with van der Waals surface area (Å²) in [7, 11) is 1.71. The fourth-order valence-corrected chi connectivity index (χ4v) is 3.27. The quantitative estimate of drug-likeness (QED) is 0.328. The van der Waals surface area contributed by atoms with Crippen molar-refractivity contribution in [3.05, 3.63) is 69.5 Å². The summed E-state index contributed by atoms with van der Waals surface area (Å²) in [6.45, 7) is -0.378. The number of carbonyl (C=O) groups is 2. The second-order valence-corrected chi connectivity index (χ2v) is 6.49. The van der Waals surface area contributed by atoms with Crippen molar-refractivity contribution in [2.45, 2.75) is 25.3 Å². The summed E-state index contributed by atoms with van der Waals surface area (Å²) >= 11 is 0. The molecule has 1 atom stereocenters. The summed E-state index contributed by atoms with van der Waals surface area (Å²) in [6, 6.07) is 10.6. The van der Waals surface area contributed by atoms with E-state index < -0.39 is 16.8 Å². The Bertz CT molecular complexity index is 917. The number of nitrogens with zero attached hydrogens (tertiary/aromatic N) is 2. The highest BCUT2D eigenvalue weighted by atomic mass is 16.6. The van der Waals surface area contributed by atoms with E-state index in [1.807, 2.05) is 18.2 Å². The van der Waals surface area contributed by atoms with E-state index in [0.29, 0.717) is 0 Å². The minimum absolute atomic E-state index is 0.0321. The zero-order valence-electron chi connectivity index (χ0n) is 15.4. The van der Waals surface area contributed by atoms with Gasteiger partial charge in [0.05, 0.1) is 12.1 Å². The van der Waals surface area contributed by atoms with Gasteiger partial charge in [0.15, 0.2) is 6.61 Å². The first-order chi connectivity index (χ1) is 13.5. The maximum Gasteiger partial charge on any atom is 0.433 e. The van der Waals surface area contributed by atoms with Crippen LogP contribution >= 0.6 is 0 Å². The summed E-state index contributed by atoms with van der Waals surface area (Å²) in [6.07, 6.45) is 5.17. The van der Waals surface area contributed by atoms with E-state index >= 15 is 0 Å². The van der Waals surface area contributed by atoms with Gasteiger partial charge in [0.1, 0.15) is 10.7 Å². The Morgan fingerprint density at radius 3 is 2.86 bits per heavy atom. The number of nitro groups is 1. The maximum absolute atomic E-state index is 12.4. The number of furan rings is 1. The Morgan fingerprint density at radius 2 is 2.11 bits per heavy atom. The van der Waals surface area contributed by atoms with E-state index in [2.05, 4.69) is 6.07 Å². The SMILES string of the molecule is CN(C(=O)COC(=O)/C=C/c1ccc([N+](=O)[O-])o1)[C@H]1CCCc2ccccc21. The fourth-order valence-electron chi connectivity index (χ4n) is 3.27. The maximum atomic E-state index is 12.4. The Morgan fingerprint density at radius 1 is 1.32 bits per heavy atom. The average molecular weight is 384 g/mol. The third-order valence-electron chi connectivity index (χ3n) is 4.71. The van der Waals surface area contributed by atoms with Crippen LogP contribution in [0, 0.1) is 10.1 Å². The molecule has 1 heterocycles. The predicted octanol–water partition coefficient (Wildman–Crippen LogP) is 3.28. The van der Waals surface area contributed by atoms with Gasteiger partial charge < -0.3 is 14.1 Å². The second-order valence-electron chi connectivity index (χ2n) is 6.49. The van der Waals surface area contributed by atoms with Crippen LogP contribution in [-0.2, 0) is 20.7 Å². The lowest BCUT2D eigenvalue weighted by molar-refractivity contribution is -0.402. The van der Waals surface area contributed by atoms with Gasteiger partial charge in [0, 0.05) is 13.1 Å². The van der Waals surface area contributed by atoms with E-state index in [4.69, 9.17) is 9.15 Å². The Hall–Kier alpha value is -3.42. The van der Waals surface area contributed by atoms with Gasteiger partial charge in [-0.1, -0.05) is 24.3 Å². The summed E-state index contributed by atoms with van der Waals surface area (Å²) in [5.74, 6) is -1.30. The molecular formula is C20H20N2O6. The first-order valence-electron chi connectivity index (χ1n) is 8.88. The summed E-state index contributed by atoms with van der Waals surface area (Å²) in [5.41, 5.74) is 2.38. The molecular weight excluding hydrogens is 364 g/mol. The molecule has 0 saturated heterocycles. The minimum atomic E-state index is -0.732. The fraction of sp³-hybridized carbons (Fsp3) is 0.300. The van der Waals surface area contributed by atoms with Gasteiger partial charge in [0.2, 0.25) is 0 Å². The van der Waals surface area contributed by atoms with Crippen LogP contribution in [-0.4, -0.2) is 35.4 Å². The minimum Gasteiger partial charge on any atom is -0.452 e. The Balaban J connectivity index is 1.54. The predicted molar refractivity (Wildman–Crippen MR) is 100 cm³/mol. The highest BCUT2D eigenvalue weighted by Gasteiger charge is 2.26. The molecule has 0 fully saturated rings. The van der Waals surface area contributed by atoms with E-state index in [1.165, 1.54) is 23.8 Å². The highest BCUT2D eigenvalue weighted by Crippen LogP contribution is 2.33. The summed E-state index contributed by atoms with van der Waals surface area (Å²) in [5, 5.41) is 10.6. The highest BCUT2D eigenvalue weighted by molar-refractivity contribution is 5.89. The molecule has 0 unspecified atom stereocenters. The number of rotatable bonds is 6. The van der Waals surface area contributed by atoms with Gasteiger partial charge in [-0.25, -0.2) is 4.79 Å². The van der Waals surface area contributed by atoms with Crippen LogP contribution in [0.4, 0.5) is 5.88 Å². The largest absolute Gasteiger partial charge is 0.452 e. The number of hydrogen-bond acceptors (Lipinski definition) is 6. The van der Waals surface area contributed by atoms with Gasteiger partial charge in [0.25, 0.3) is 5.91 Å². The zero-order chi connectivity index (χ0) is 20.1. The van der Waals surface area contributed by atoms with Gasteiger partial charge in [-0.05, 0) is 42.5 Å². The molecule has 8 heteroatoms. The van der Waals surface area contributed by atoms with Crippen LogP contribution in [0.3, 0.4) is 0 Å². The Labute approximate surface area is 161 Å². The van der Waals surface area contributed by atoms with Crippen molar-refractivity contribution in [3.63, 3.8) is 0 Å². The third-order valence-corrected chi connectivity index (χ3v) is 4.71. The van der Waals surface area contributed by atoms with Crippen molar-refractivity contribution in [2.75, 3.05) is 13.7 Å².